The van der Waals surface area contributed by atoms with Crippen molar-refractivity contribution in [3.05, 3.63) is 88.9 Å². The number of anilines is 1. The summed E-state index contributed by atoms with van der Waals surface area (Å²) in [6.07, 6.45) is 0. The van der Waals surface area contributed by atoms with Crippen molar-refractivity contribution in [1.82, 2.24) is 5.43 Å². The molecule has 9 heteroatoms. The van der Waals surface area contributed by atoms with Crippen LogP contribution in [0.1, 0.15) is 22.8 Å². The van der Waals surface area contributed by atoms with Gasteiger partial charge in [0, 0.05) is 10.7 Å². The first-order valence-electron chi connectivity index (χ1n) is 9.73. The minimum Gasteiger partial charge on any atom is -0.497 e. The van der Waals surface area contributed by atoms with E-state index in [4.69, 9.17) is 21.1 Å². The maximum absolute atomic E-state index is 12.2. The summed E-state index contributed by atoms with van der Waals surface area (Å²) >= 11 is 5.79. The lowest BCUT2D eigenvalue weighted by Gasteiger charge is -2.07. The van der Waals surface area contributed by atoms with Crippen molar-refractivity contribution in [3.63, 3.8) is 0 Å². The highest BCUT2D eigenvalue weighted by Gasteiger charge is 2.13. The lowest BCUT2D eigenvalue weighted by molar-refractivity contribution is -0.136. The van der Waals surface area contributed by atoms with Gasteiger partial charge in [0.2, 0.25) is 0 Å². The number of ether oxygens (including phenoxy) is 2. The molecule has 0 aliphatic carbocycles. The van der Waals surface area contributed by atoms with Gasteiger partial charge < -0.3 is 14.8 Å². The van der Waals surface area contributed by atoms with Gasteiger partial charge in [-0.3, -0.25) is 9.59 Å². The quantitative estimate of drug-likeness (QED) is 0.188. The van der Waals surface area contributed by atoms with Gasteiger partial charge in [-0.25, -0.2) is 10.2 Å². The number of methoxy groups -OCH3 is 1. The van der Waals surface area contributed by atoms with Crippen LogP contribution in [-0.2, 0) is 9.59 Å². The number of halogens is 1. The van der Waals surface area contributed by atoms with E-state index in [1.54, 1.807) is 86.8 Å². The molecule has 0 radical (unpaired) electrons. The molecule has 0 saturated heterocycles. The van der Waals surface area contributed by atoms with Crippen LogP contribution in [0, 0.1) is 0 Å². The Morgan fingerprint density at radius 1 is 0.788 bits per heavy atom. The highest BCUT2D eigenvalue weighted by atomic mass is 35.5. The van der Waals surface area contributed by atoms with Gasteiger partial charge in [0.15, 0.2) is 0 Å². The number of nitrogens with one attached hydrogen (secondary N) is 2. The molecule has 0 saturated carbocycles. The third-order valence-corrected chi connectivity index (χ3v) is 4.69. The minimum atomic E-state index is -0.922. The number of carbonyl (C=O) groups excluding carboxylic acids is 3. The molecule has 0 unspecified atom stereocenters. The van der Waals surface area contributed by atoms with Gasteiger partial charge >= 0.3 is 17.8 Å². The number of rotatable bonds is 6. The third kappa shape index (κ3) is 6.65. The summed E-state index contributed by atoms with van der Waals surface area (Å²) in [7, 11) is 1.54. The summed E-state index contributed by atoms with van der Waals surface area (Å²) in [5.74, 6) is -1.31. The summed E-state index contributed by atoms with van der Waals surface area (Å²) in [5, 5.41) is 6.90. The Labute approximate surface area is 195 Å². The number of esters is 1. The van der Waals surface area contributed by atoms with Crippen LogP contribution in [0.5, 0.6) is 11.5 Å². The van der Waals surface area contributed by atoms with E-state index < -0.39 is 17.8 Å². The van der Waals surface area contributed by atoms with Crippen molar-refractivity contribution >= 4 is 40.8 Å². The fourth-order valence-electron chi connectivity index (χ4n) is 2.63. The first-order chi connectivity index (χ1) is 15.9. The fourth-order valence-corrected chi connectivity index (χ4v) is 2.75. The predicted octanol–water partition coefficient (Wildman–Crippen LogP) is 4.05. The molecule has 33 heavy (non-hydrogen) atoms. The van der Waals surface area contributed by atoms with Gasteiger partial charge in [-0.1, -0.05) is 11.6 Å². The molecule has 8 nitrogen and oxygen atoms in total. The standard InChI is InChI=1S/C24H20ClN3O5/c1-15(27-28-23(30)22(29)26-19-9-7-18(25)8-10-19)16-3-13-21(14-4-16)33-24(31)17-5-11-20(32-2)12-6-17/h3-14H,1-2H3,(H,26,29)(H,28,30). The Bertz CT molecular complexity index is 1170. The molecule has 0 aromatic heterocycles. The van der Waals surface area contributed by atoms with Crippen LogP contribution in [0.2, 0.25) is 5.02 Å². The van der Waals surface area contributed by atoms with Gasteiger partial charge in [0.25, 0.3) is 0 Å². The molecule has 0 aliphatic rings. The van der Waals surface area contributed by atoms with E-state index in [1.165, 1.54) is 0 Å². The zero-order chi connectivity index (χ0) is 23.8. The number of amides is 2. The Kier molecular flexibility index (Phi) is 7.77. The van der Waals surface area contributed by atoms with Gasteiger partial charge in [0.05, 0.1) is 18.4 Å². The summed E-state index contributed by atoms with van der Waals surface area (Å²) in [4.78, 5) is 36.2. The number of benzene rings is 3. The van der Waals surface area contributed by atoms with E-state index in [0.29, 0.717) is 39.0 Å². The highest BCUT2D eigenvalue weighted by molar-refractivity contribution is 6.39. The molecule has 0 atom stereocenters. The zero-order valence-electron chi connectivity index (χ0n) is 17.8. The topological polar surface area (TPSA) is 106 Å². The van der Waals surface area contributed by atoms with E-state index in [1.807, 2.05) is 0 Å². The molecule has 0 aliphatic heterocycles. The third-order valence-electron chi connectivity index (χ3n) is 4.44. The van der Waals surface area contributed by atoms with E-state index >= 15 is 0 Å². The lowest BCUT2D eigenvalue weighted by Crippen LogP contribution is -2.32. The van der Waals surface area contributed by atoms with E-state index in [2.05, 4.69) is 15.8 Å². The van der Waals surface area contributed by atoms with Crippen molar-refractivity contribution in [2.24, 2.45) is 5.10 Å². The van der Waals surface area contributed by atoms with Crippen molar-refractivity contribution in [2.45, 2.75) is 6.92 Å². The molecule has 2 amide bonds. The van der Waals surface area contributed by atoms with Crippen molar-refractivity contribution in [1.29, 1.82) is 0 Å². The summed E-state index contributed by atoms with van der Waals surface area (Å²) < 4.78 is 10.4. The molecule has 3 aromatic rings. The maximum Gasteiger partial charge on any atom is 0.343 e. The molecule has 3 rings (SSSR count). The molecular weight excluding hydrogens is 446 g/mol. The first-order valence-corrected chi connectivity index (χ1v) is 10.1. The van der Waals surface area contributed by atoms with Gasteiger partial charge in [-0.05, 0) is 85.3 Å². The maximum atomic E-state index is 12.2. The molecular formula is C24H20ClN3O5. The number of hydrogen-bond donors (Lipinski definition) is 2. The zero-order valence-corrected chi connectivity index (χ0v) is 18.6. The average molecular weight is 466 g/mol. The lowest BCUT2D eigenvalue weighted by atomic mass is 10.1. The van der Waals surface area contributed by atoms with Gasteiger partial charge in [-0.15, -0.1) is 0 Å². The van der Waals surface area contributed by atoms with E-state index in [9.17, 15) is 14.4 Å². The van der Waals surface area contributed by atoms with Crippen LogP contribution in [0.3, 0.4) is 0 Å². The molecule has 168 valence electrons. The van der Waals surface area contributed by atoms with Gasteiger partial charge in [0.1, 0.15) is 11.5 Å². The molecule has 0 fully saturated rings. The van der Waals surface area contributed by atoms with E-state index in [-0.39, 0.29) is 0 Å². The molecule has 3 aromatic carbocycles. The number of carbonyl (C=O) groups is 3. The van der Waals surface area contributed by atoms with Crippen LogP contribution < -0.4 is 20.2 Å². The Hall–Kier alpha value is -4.17. The van der Waals surface area contributed by atoms with Crippen LogP contribution in [0.4, 0.5) is 5.69 Å². The van der Waals surface area contributed by atoms with Crippen LogP contribution in [0.15, 0.2) is 77.9 Å². The highest BCUT2D eigenvalue weighted by Crippen LogP contribution is 2.17. The molecule has 0 spiro atoms. The molecule has 0 heterocycles. The first kappa shape index (κ1) is 23.5. The van der Waals surface area contributed by atoms with Crippen LogP contribution >= 0.6 is 11.6 Å². The van der Waals surface area contributed by atoms with Gasteiger partial charge in [-0.2, -0.15) is 5.10 Å². The summed E-state index contributed by atoms with van der Waals surface area (Å²) in [6.45, 7) is 1.66. The summed E-state index contributed by atoms with van der Waals surface area (Å²) in [5.41, 5.74) is 4.14. The normalized spacial score (nSPS) is 10.8. The average Bonchev–Trinajstić information content (AvgIpc) is 2.84. The number of hydrazone groups is 1. The minimum absolute atomic E-state index is 0.346. The second kappa shape index (κ2) is 10.9. The second-order valence-electron chi connectivity index (χ2n) is 6.74. The van der Waals surface area contributed by atoms with Crippen molar-refractivity contribution in [3.8, 4) is 11.5 Å². The summed E-state index contributed by atoms with van der Waals surface area (Å²) in [6, 6.07) is 19.4. The largest absolute Gasteiger partial charge is 0.497 e. The smallest absolute Gasteiger partial charge is 0.343 e. The van der Waals surface area contributed by atoms with Crippen molar-refractivity contribution in [2.75, 3.05) is 12.4 Å². The fraction of sp³-hybridized carbons (Fsp3) is 0.0833. The Morgan fingerprint density at radius 2 is 1.36 bits per heavy atom. The van der Waals surface area contributed by atoms with Crippen LogP contribution in [-0.4, -0.2) is 30.6 Å². The predicted molar refractivity (Wildman–Crippen MR) is 125 cm³/mol. The second-order valence-corrected chi connectivity index (χ2v) is 7.18. The number of nitrogens with zero attached hydrogens (tertiary/aromatic N) is 1. The molecule has 0 bridgehead atoms. The Balaban J connectivity index is 1.55. The van der Waals surface area contributed by atoms with E-state index in [0.717, 1.165) is 0 Å². The van der Waals surface area contributed by atoms with Crippen LogP contribution in [0.25, 0.3) is 0 Å². The van der Waals surface area contributed by atoms with Crippen molar-refractivity contribution < 1.29 is 23.9 Å². The monoisotopic (exact) mass is 465 g/mol. The number of hydrogen-bond acceptors (Lipinski definition) is 6. The molecule has 2 N–H and O–H groups in total. The SMILES string of the molecule is COc1ccc(C(=O)Oc2ccc(C(C)=NNC(=O)C(=O)Nc3ccc(Cl)cc3)cc2)cc1. The Morgan fingerprint density at radius 3 is 1.97 bits per heavy atom.